The van der Waals surface area contributed by atoms with E-state index in [9.17, 15) is 13.2 Å². The quantitative estimate of drug-likeness (QED) is 0.305. The zero-order chi connectivity index (χ0) is 25.2. The van der Waals surface area contributed by atoms with E-state index in [-0.39, 0.29) is 28.0 Å². The zero-order valence-electron chi connectivity index (χ0n) is 18.5. The van der Waals surface area contributed by atoms with Crippen molar-refractivity contribution < 1.29 is 17.9 Å². The number of rotatable bonds is 7. The first-order chi connectivity index (χ1) is 16.7. The lowest BCUT2D eigenvalue weighted by Crippen LogP contribution is -2.14. The number of nitrogens with zero attached hydrogens (tertiary/aromatic N) is 3. The van der Waals surface area contributed by atoms with Crippen molar-refractivity contribution in [3.05, 3.63) is 76.0 Å². The van der Waals surface area contributed by atoms with E-state index in [1.165, 1.54) is 30.5 Å². The number of esters is 1. The summed E-state index contributed by atoms with van der Waals surface area (Å²) in [6.45, 7) is 3.75. The average molecular weight is 532 g/mol. The number of sulfonamides is 1. The fourth-order valence-electron chi connectivity index (χ4n) is 3.31. The van der Waals surface area contributed by atoms with E-state index in [4.69, 9.17) is 27.9 Å². The summed E-state index contributed by atoms with van der Waals surface area (Å²) in [5.74, 6) is -0.502. The minimum atomic E-state index is -3.91. The number of ether oxygens (including phenoxy) is 1. The third-order valence-electron chi connectivity index (χ3n) is 5.03. The lowest BCUT2D eigenvalue weighted by Gasteiger charge is -2.16. The average Bonchev–Trinajstić information content (AvgIpc) is 2.83. The number of nitrogens with one attached hydrogen (secondary N) is 2. The number of pyridine rings is 1. The number of halogens is 2. The molecule has 0 spiro atoms. The molecule has 0 atom stereocenters. The number of benzene rings is 2. The maximum Gasteiger partial charge on any atom is 0.341 e. The lowest BCUT2D eigenvalue weighted by atomic mass is 10.1. The van der Waals surface area contributed by atoms with Crippen LogP contribution in [-0.4, -0.2) is 36.2 Å². The SMILES string of the molecule is CCOC(=O)c1cnc2c(C)c(Cl)ccc2c1Nc1ccc(S(=O)(=O)Nc2ccc(Cl)nn2)cc1. The van der Waals surface area contributed by atoms with Crippen LogP contribution < -0.4 is 10.0 Å². The number of aryl methyl sites for hydroxylation is 1. The summed E-state index contributed by atoms with van der Waals surface area (Å²) in [6, 6.07) is 12.3. The number of aromatic nitrogens is 3. The maximum atomic E-state index is 12.7. The molecule has 0 aliphatic rings. The molecule has 180 valence electrons. The molecule has 0 saturated carbocycles. The van der Waals surface area contributed by atoms with E-state index < -0.39 is 16.0 Å². The molecule has 4 rings (SSSR count). The van der Waals surface area contributed by atoms with Gasteiger partial charge in [-0.05, 0) is 67.9 Å². The highest BCUT2D eigenvalue weighted by atomic mass is 35.5. The number of fused-ring (bicyclic) bond motifs is 1. The Kier molecular flexibility index (Phi) is 7.06. The fourth-order valence-corrected chi connectivity index (χ4v) is 4.56. The van der Waals surface area contributed by atoms with Gasteiger partial charge in [-0.1, -0.05) is 23.2 Å². The van der Waals surface area contributed by atoms with Crippen LogP contribution in [0.25, 0.3) is 10.9 Å². The molecule has 0 aliphatic heterocycles. The first kappa shape index (κ1) is 24.6. The van der Waals surface area contributed by atoms with Crippen LogP contribution in [0.2, 0.25) is 10.2 Å². The minimum Gasteiger partial charge on any atom is -0.462 e. The van der Waals surface area contributed by atoms with Crippen molar-refractivity contribution in [3.63, 3.8) is 0 Å². The van der Waals surface area contributed by atoms with Gasteiger partial charge in [0.15, 0.2) is 11.0 Å². The Hall–Kier alpha value is -3.47. The predicted molar refractivity (Wildman–Crippen MR) is 135 cm³/mol. The van der Waals surface area contributed by atoms with E-state index in [2.05, 4.69) is 25.2 Å². The van der Waals surface area contributed by atoms with Gasteiger partial charge >= 0.3 is 5.97 Å². The smallest absolute Gasteiger partial charge is 0.341 e. The molecule has 4 aromatic rings. The first-order valence-electron chi connectivity index (χ1n) is 10.3. The third-order valence-corrected chi connectivity index (χ3v) is 7.01. The van der Waals surface area contributed by atoms with E-state index in [1.807, 2.05) is 6.92 Å². The highest BCUT2D eigenvalue weighted by molar-refractivity contribution is 7.92. The van der Waals surface area contributed by atoms with Crippen LogP contribution in [-0.2, 0) is 14.8 Å². The molecule has 2 N–H and O–H groups in total. The highest BCUT2D eigenvalue weighted by Gasteiger charge is 2.20. The Morgan fingerprint density at radius 1 is 1.03 bits per heavy atom. The van der Waals surface area contributed by atoms with Gasteiger partial charge in [0, 0.05) is 22.3 Å². The molecule has 12 heteroatoms. The Bertz CT molecular complexity index is 1510. The topological polar surface area (TPSA) is 123 Å². The number of hydrogen-bond acceptors (Lipinski definition) is 8. The largest absolute Gasteiger partial charge is 0.462 e. The van der Waals surface area contributed by atoms with Crippen molar-refractivity contribution in [2.24, 2.45) is 0 Å². The van der Waals surface area contributed by atoms with Gasteiger partial charge in [0.2, 0.25) is 0 Å². The summed E-state index contributed by atoms with van der Waals surface area (Å²) in [6.07, 6.45) is 1.43. The number of anilines is 3. The van der Waals surface area contributed by atoms with Gasteiger partial charge in [0.25, 0.3) is 10.0 Å². The third kappa shape index (κ3) is 5.29. The molecule has 0 bridgehead atoms. The second-order valence-corrected chi connectivity index (χ2v) is 9.81. The Morgan fingerprint density at radius 3 is 2.43 bits per heavy atom. The molecule has 0 radical (unpaired) electrons. The minimum absolute atomic E-state index is 0.00706. The van der Waals surface area contributed by atoms with Crippen LogP contribution in [0.1, 0.15) is 22.8 Å². The zero-order valence-corrected chi connectivity index (χ0v) is 20.9. The molecule has 2 aromatic carbocycles. The standard InChI is InChI=1S/C23H19Cl2N5O4S/c1-3-34-23(31)17-12-26-21-13(2)18(24)9-8-16(21)22(17)27-14-4-6-15(7-5-14)35(32,33)30-20-11-10-19(25)28-29-20/h4-12H,3H2,1-2H3,(H,26,27)(H,29,30). The summed E-state index contributed by atoms with van der Waals surface area (Å²) in [7, 11) is -3.91. The molecule has 0 aliphatic carbocycles. The van der Waals surface area contributed by atoms with E-state index in [1.54, 1.807) is 31.2 Å². The van der Waals surface area contributed by atoms with Crippen molar-refractivity contribution in [2.45, 2.75) is 18.7 Å². The van der Waals surface area contributed by atoms with Crippen molar-refractivity contribution in [3.8, 4) is 0 Å². The molecule has 0 saturated heterocycles. The summed E-state index contributed by atoms with van der Waals surface area (Å²) < 4.78 is 32.9. The van der Waals surface area contributed by atoms with Crippen LogP contribution >= 0.6 is 23.2 Å². The molecule has 0 amide bonds. The predicted octanol–water partition coefficient (Wildman–Crippen LogP) is 5.36. The van der Waals surface area contributed by atoms with Crippen molar-refractivity contribution in [1.82, 2.24) is 15.2 Å². The molecular formula is C23H19Cl2N5O4S. The van der Waals surface area contributed by atoms with Crippen LogP contribution in [0, 0.1) is 6.92 Å². The number of carbonyl (C=O) groups excluding carboxylic acids is 1. The first-order valence-corrected chi connectivity index (χ1v) is 12.6. The van der Waals surface area contributed by atoms with Crippen molar-refractivity contribution in [2.75, 3.05) is 16.6 Å². The van der Waals surface area contributed by atoms with Gasteiger partial charge in [-0.25, -0.2) is 13.2 Å². The Morgan fingerprint density at radius 2 is 1.77 bits per heavy atom. The van der Waals surface area contributed by atoms with Gasteiger partial charge in [-0.15, -0.1) is 10.2 Å². The molecular weight excluding hydrogens is 513 g/mol. The van der Waals surface area contributed by atoms with Crippen LogP contribution in [0.4, 0.5) is 17.2 Å². The molecule has 2 aromatic heterocycles. The van der Waals surface area contributed by atoms with Gasteiger partial charge in [0.1, 0.15) is 5.56 Å². The highest BCUT2D eigenvalue weighted by Crippen LogP contribution is 2.34. The monoisotopic (exact) mass is 531 g/mol. The molecule has 35 heavy (non-hydrogen) atoms. The molecule has 9 nitrogen and oxygen atoms in total. The number of carbonyl (C=O) groups is 1. The van der Waals surface area contributed by atoms with Gasteiger partial charge in [0.05, 0.1) is 22.7 Å². The summed E-state index contributed by atoms with van der Waals surface area (Å²) in [5.41, 5.74) is 2.64. The van der Waals surface area contributed by atoms with Gasteiger partial charge < -0.3 is 10.1 Å². The fraction of sp³-hybridized carbons (Fsp3) is 0.130. The summed E-state index contributed by atoms with van der Waals surface area (Å²) in [4.78, 5) is 17.0. The lowest BCUT2D eigenvalue weighted by molar-refractivity contribution is 0.0527. The molecule has 0 fully saturated rings. The molecule has 0 unspecified atom stereocenters. The summed E-state index contributed by atoms with van der Waals surface area (Å²) in [5, 5.41) is 11.9. The van der Waals surface area contributed by atoms with Crippen LogP contribution in [0.3, 0.4) is 0 Å². The van der Waals surface area contributed by atoms with Crippen LogP contribution in [0.5, 0.6) is 0 Å². The maximum absolute atomic E-state index is 12.7. The normalized spacial score (nSPS) is 11.3. The van der Waals surface area contributed by atoms with E-state index in [0.29, 0.717) is 27.3 Å². The van der Waals surface area contributed by atoms with Crippen molar-refractivity contribution >= 4 is 67.3 Å². The Balaban J connectivity index is 1.68. The van der Waals surface area contributed by atoms with Gasteiger partial charge in [-0.2, -0.15) is 0 Å². The van der Waals surface area contributed by atoms with Crippen molar-refractivity contribution in [1.29, 1.82) is 0 Å². The molecule has 2 heterocycles. The Labute approximate surface area is 211 Å². The van der Waals surface area contributed by atoms with Crippen LogP contribution in [0.15, 0.2) is 59.6 Å². The number of hydrogen-bond donors (Lipinski definition) is 2. The van der Waals surface area contributed by atoms with E-state index >= 15 is 0 Å². The summed E-state index contributed by atoms with van der Waals surface area (Å²) >= 11 is 11.9. The second kappa shape index (κ2) is 10.0. The second-order valence-electron chi connectivity index (χ2n) is 7.33. The van der Waals surface area contributed by atoms with Gasteiger partial charge in [-0.3, -0.25) is 9.71 Å². The van der Waals surface area contributed by atoms with E-state index in [0.717, 1.165) is 5.56 Å².